The number of fused-ring (bicyclic) bond motifs is 1. The Morgan fingerprint density at radius 2 is 1.61 bits per heavy atom. The van der Waals surface area contributed by atoms with Crippen LogP contribution in [0.1, 0.15) is 30.9 Å². The van der Waals surface area contributed by atoms with Crippen LogP contribution in [0, 0.1) is 0 Å². The lowest BCUT2D eigenvalue weighted by atomic mass is 10.1. The van der Waals surface area contributed by atoms with Gasteiger partial charge in [-0.1, -0.05) is 42.5 Å². The lowest BCUT2D eigenvalue weighted by Crippen LogP contribution is -2.43. The van der Waals surface area contributed by atoms with Gasteiger partial charge in [-0.2, -0.15) is 0 Å². The molecular formula is C22H23NO5. The number of benzene rings is 2. The molecule has 2 aromatic rings. The molecule has 2 atom stereocenters. The molecule has 0 radical (unpaired) electrons. The molecule has 0 aliphatic carbocycles. The molecule has 0 spiro atoms. The fourth-order valence-electron chi connectivity index (χ4n) is 3.50. The second kappa shape index (κ2) is 8.33. The van der Waals surface area contributed by atoms with Crippen LogP contribution < -0.4 is 9.47 Å². The number of likely N-dealkylation sites (tertiary alicyclic amines) is 1. The van der Waals surface area contributed by atoms with E-state index >= 15 is 0 Å². The van der Waals surface area contributed by atoms with Gasteiger partial charge in [0.1, 0.15) is 6.61 Å². The van der Waals surface area contributed by atoms with Gasteiger partial charge in [-0.05, 0) is 31.4 Å². The van der Waals surface area contributed by atoms with Crippen LogP contribution in [-0.4, -0.2) is 42.6 Å². The van der Waals surface area contributed by atoms with Gasteiger partial charge in [0.25, 0.3) is 5.91 Å². The fraction of sp³-hybridized carbons (Fsp3) is 0.364. The van der Waals surface area contributed by atoms with Crippen molar-refractivity contribution in [3.8, 4) is 11.5 Å². The van der Waals surface area contributed by atoms with Crippen LogP contribution in [0.3, 0.4) is 0 Å². The van der Waals surface area contributed by atoms with Gasteiger partial charge in [-0.15, -0.1) is 0 Å². The molecule has 2 aliphatic rings. The van der Waals surface area contributed by atoms with Crippen LogP contribution in [0.4, 0.5) is 0 Å². The minimum atomic E-state index is -0.979. The van der Waals surface area contributed by atoms with Gasteiger partial charge < -0.3 is 19.1 Å². The third kappa shape index (κ3) is 3.96. The van der Waals surface area contributed by atoms with Crippen molar-refractivity contribution in [1.82, 2.24) is 4.90 Å². The summed E-state index contributed by atoms with van der Waals surface area (Å²) in [6.07, 6.45) is 1.17. The molecule has 146 valence electrons. The van der Waals surface area contributed by atoms with Gasteiger partial charge in [0.2, 0.25) is 12.2 Å². The lowest BCUT2D eigenvalue weighted by molar-refractivity contribution is -0.169. The number of hydrogen-bond donors (Lipinski definition) is 0. The summed E-state index contributed by atoms with van der Waals surface area (Å²) in [5.74, 6) is 0.301. The maximum atomic E-state index is 13.1. The van der Waals surface area contributed by atoms with E-state index in [-0.39, 0.29) is 12.5 Å². The van der Waals surface area contributed by atoms with Gasteiger partial charge in [0.15, 0.2) is 11.5 Å². The van der Waals surface area contributed by atoms with Crippen LogP contribution in [-0.2, 0) is 14.3 Å². The molecule has 28 heavy (non-hydrogen) atoms. The smallest absolute Gasteiger partial charge is 0.352 e. The zero-order valence-electron chi connectivity index (χ0n) is 15.6. The van der Waals surface area contributed by atoms with Crippen LogP contribution in [0.2, 0.25) is 0 Å². The molecule has 2 aliphatic heterocycles. The Kier molecular flexibility index (Phi) is 5.46. The first-order valence-corrected chi connectivity index (χ1v) is 9.65. The topological polar surface area (TPSA) is 65.1 Å². The van der Waals surface area contributed by atoms with Crippen molar-refractivity contribution in [2.24, 2.45) is 0 Å². The van der Waals surface area contributed by atoms with Crippen molar-refractivity contribution in [2.45, 2.75) is 31.5 Å². The molecule has 0 aromatic heterocycles. The SMILES string of the molecule is O=C(O[C@@H](C(=O)N1CCCCC1)c1ccccc1)[C@H]1COc2ccccc2O1. The maximum absolute atomic E-state index is 13.1. The molecule has 0 bridgehead atoms. The Bertz CT molecular complexity index is 832. The first kappa shape index (κ1) is 18.3. The molecule has 0 saturated carbocycles. The Morgan fingerprint density at radius 1 is 0.929 bits per heavy atom. The van der Waals surface area contributed by atoms with E-state index in [1.807, 2.05) is 30.3 Å². The molecule has 4 rings (SSSR count). The third-order valence-electron chi connectivity index (χ3n) is 5.00. The average molecular weight is 381 g/mol. The summed E-state index contributed by atoms with van der Waals surface area (Å²) < 4.78 is 17.0. The Labute approximate surface area is 164 Å². The van der Waals surface area contributed by atoms with E-state index in [0.29, 0.717) is 30.2 Å². The number of piperidine rings is 1. The highest BCUT2D eigenvalue weighted by Crippen LogP contribution is 2.32. The summed E-state index contributed by atoms with van der Waals surface area (Å²) in [7, 11) is 0. The zero-order chi connectivity index (χ0) is 19.3. The second-order valence-corrected chi connectivity index (χ2v) is 6.98. The molecule has 0 N–H and O–H groups in total. The van der Waals surface area contributed by atoms with Crippen molar-refractivity contribution < 1.29 is 23.8 Å². The molecule has 6 heteroatoms. The van der Waals surface area contributed by atoms with E-state index in [1.165, 1.54) is 0 Å². The molecule has 1 fully saturated rings. The van der Waals surface area contributed by atoms with Crippen molar-refractivity contribution >= 4 is 11.9 Å². The van der Waals surface area contributed by atoms with E-state index < -0.39 is 18.2 Å². The van der Waals surface area contributed by atoms with Crippen molar-refractivity contribution in [3.63, 3.8) is 0 Å². The molecule has 6 nitrogen and oxygen atoms in total. The lowest BCUT2D eigenvalue weighted by Gasteiger charge is -2.31. The first-order chi connectivity index (χ1) is 13.7. The summed E-state index contributed by atoms with van der Waals surface area (Å²) >= 11 is 0. The molecule has 1 amide bonds. The van der Waals surface area contributed by atoms with E-state index in [1.54, 1.807) is 29.2 Å². The monoisotopic (exact) mass is 381 g/mol. The maximum Gasteiger partial charge on any atom is 0.352 e. The van der Waals surface area contributed by atoms with Crippen molar-refractivity contribution in [2.75, 3.05) is 19.7 Å². The normalized spacial score (nSPS) is 19.6. The van der Waals surface area contributed by atoms with Gasteiger partial charge in [-0.3, -0.25) is 4.79 Å². The molecule has 2 aromatic carbocycles. The van der Waals surface area contributed by atoms with E-state index in [2.05, 4.69) is 0 Å². The largest absolute Gasteiger partial charge is 0.485 e. The minimum absolute atomic E-state index is 0.0509. The van der Waals surface area contributed by atoms with Gasteiger partial charge >= 0.3 is 5.97 Å². The molecular weight excluding hydrogens is 358 g/mol. The summed E-state index contributed by atoms with van der Waals surface area (Å²) in [5.41, 5.74) is 0.656. The summed E-state index contributed by atoms with van der Waals surface area (Å²) in [6, 6.07) is 16.3. The van der Waals surface area contributed by atoms with Crippen LogP contribution in [0.15, 0.2) is 54.6 Å². The Hall–Kier alpha value is -3.02. The predicted octanol–water partition coefficient (Wildman–Crippen LogP) is 3.12. The third-order valence-corrected chi connectivity index (χ3v) is 5.00. The molecule has 2 heterocycles. The standard InChI is InChI=1S/C22H23NO5/c24-21(23-13-7-2-8-14-23)20(16-9-3-1-4-10-16)28-22(25)19-15-26-17-11-5-6-12-18(17)27-19/h1,3-6,9-12,19-20H,2,7-8,13-15H2/t19-,20-/m1/s1. The first-order valence-electron chi connectivity index (χ1n) is 9.65. The van der Waals surface area contributed by atoms with E-state index in [0.717, 1.165) is 19.3 Å². The number of amides is 1. The Balaban J connectivity index is 1.51. The average Bonchev–Trinajstić information content (AvgIpc) is 2.77. The fourth-order valence-corrected chi connectivity index (χ4v) is 3.50. The quantitative estimate of drug-likeness (QED) is 0.762. The van der Waals surface area contributed by atoms with Gasteiger partial charge in [-0.25, -0.2) is 4.79 Å². The number of nitrogens with zero attached hydrogens (tertiary/aromatic N) is 1. The summed E-state index contributed by atoms with van der Waals surface area (Å²) in [4.78, 5) is 27.7. The zero-order valence-corrected chi connectivity index (χ0v) is 15.6. The summed E-state index contributed by atoms with van der Waals surface area (Å²) in [5, 5.41) is 0. The molecule has 1 saturated heterocycles. The predicted molar refractivity (Wildman–Crippen MR) is 102 cm³/mol. The second-order valence-electron chi connectivity index (χ2n) is 6.98. The van der Waals surface area contributed by atoms with Crippen LogP contribution >= 0.6 is 0 Å². The number of para-hydroxylation sites is 2. The van der Waals surface area contributed by atoms with E-state index in [4.69, 9.17) is 14.2 Å². The highest BCUT2D eigenvalue weighted by Gasteiger charge is 2.35. The highest BCUT2D eigenvalue weighted by atomic mass is 16.6. The highest BCUT2D eigenvalue weighted by molar-refractivity contribution is 5.86. The van der Waals surface area contributed by atoms with Crippen LogP contribution in [0.25, 0.3) is 0 Å². The number of esters is 1. The number of hydrogen-bond acceptors (Lipinski definition) is 5. The number of rotatable bonds is 4. The van der Waals surface area contributed by atoms with Gasteiger partial charge in [0.05, 0.1) is 0 Å². The molecule has 0 unspecified atom stereocenters. The van der Waals surface area contributed by atoms with E-state index in [9.17, 15) is 9.59 Å². The summed E-state index contributed by atoms with van der Waals surface area (Å²) in [6.45, 7) is 1.43. The van der Waals surface area contributed by atoms with Crippen molar-refractivity contribution in [3.05, 3.63) is 60.2 Å². The van der Waals surface area contributed by atoms with Gasteiger partial charge in [0, 0.05) is 18.7 Å². The number of ether oxygens (including phenoxy) is 3. The Morgan fingerprint density at radius 3 is 2.36 bits per heavy atom. The van der Waals surface area contributed by atoms with Crippen molar-refractivity contribution in [1.29, 1.82) is 0 Å². The minimum Gasteiger partial charge on any atom is -0.485 e. The number of carbonyl (C=O) groups is 2. The van der Waals surface area contributed by atoms with Crippen LogP contribution in [0.5, 0.6) is 11.5 Å². The number of carbonyl (C=O) groups excluding carboxylic acids is 2.